The molecule has 10 heteroatoms. The van der Waals surface area contributed by atoms with E-state index in [4.69, 9.17) is 29.9 Å². The predicted octanol–water partition coefficient (Wildman–Crippen LogP) is 15.7. The first-order valence-electron chi connectivity index (χ1n) is 23.7. The van der Waals surface area contributed by atoms with E-state index in [1.807, 2.05) is 153 Å². The summed E-state index contributed by atoms with van der Waals surface area (Å²) in [5.74, 6) is 1.44. The Morgan fingerprint density at radius 1 is 0.417 bits per heavy atom. The SMILES string of the molecule is Cc1ccc(-c2cc(-c3nc(-c4ccccc4)nc(-c4ccccc4)n3)cc(C3=CCC(C(F)(F)F)C=C3)c2-n2c3ccccc3c3cc(-c4nc(-c5ccccc5)nc(-c5ccccc5)n4)ccc32)cc1. The third-order valence-electron chi connectivity index (χ3n) is 13.1. The van der Waals surface area contributed by atoms with Crippen LogP contribution in [-0.4, -0.2) is 40.6 Å². The van der Waals surface area contributed by atoms with E-state index >= 15 is 0 Å². The fraction of sp³-hybridized carbons (Fsp3) is 0.0645. The number of alkyl halides is 3. The minimum atomic E-state index is -4.39. The lowest BCUT2D eigenvalue weighted by Gasteiger charge is -2.24. The predicted molar refractivity (Wildman–Crippen MR) is 282 cm³/mol. The zero-order chi connectivity index (χ0) is 48.8. The summed E-state index contributed by atoms with van der Waals surface area (Å²) in [4.78, 5) is 30.3. The Kier molecular flexibility index (Phi) is 11.2. The van der Waals surface area contributed by atoms with Crippen molar-refractivity contribution in [3.63, 3.8) is 0 Å². The second kappa shape index (κ2) is 18.3. The van der Waals surface area contributed by atoms with Gasteiger partial charge in [0.2, 0.25) is 0 Å². The molecule has 0 spiro atoms. The first kappa shape index (κ1) is 44.1. The highest BCUT2D eigenvalue weighted by atomic mass is 19.4. The van der Waals surface area contributed by atoms with E-state index in [0.29, 0.717) is 51.6 Å². The lowest BCUT2D eigenvalue weighted by atomic mass is 9.88. The molecule has 72 heavy (non-hydrogen) atoms. The number of benzene rings is 8. The van der Waals surface area contributed by atoms with Gasteiger partial charge in [-0.1, -0.05) is 188 Å². The lowest BCUT2D eigenvalue weighted by molar-refractivity contribution is -0.160. The first-order chi connectivity index (χ1) is 35.2. The summed E-state index contributed by atoms with van der Waals surface area (Å²) in [6, 6.07) is 66.2. The summed E-state index contributed by atoms with van der Waals surface area (Å²) < 4.78 is 45.2. The summed E-state index contributed by atoms with van der Waals surface area (Å²) in [5, 5.41) is 1.92. The highest BCUT2D eigenvalue weighted by Crippen LogP contribution is 2.45. The maximum atomic E-state index is 14.3. The molecule has 1 aliphatic rings. The van der Waals surface area contributed by atoms with Crippen LogP contribution in [0.4, 0.5) is 13.2 Å². The molecule has 0 bridgehead atoms. The minimum Gasteiger partial charge on any atom is -0.308 e. The van der Waals surface area contributed by atoms with E-state index in [-0.39, 0.29) is 6.42 Å². The molecular formula is C62H42F3N7. The van der Waals surface area contributed by atoms with E-state index in [0.717, 1.165) is 72.0 Å². The van der Waals surface area contributed by atoms with Gasteiger partial charge in [-0.3, -0.25) is 0 Å². The van der Waals surface area contributed by atoms with Crippen LogP contribution in [0.3, 0.4) is 0 Å². The van der Waals surface area contributed by atoms with Gasteiger partial charge in [0.25, 0.3) is 0 Å². The van der Waals surface area contributed by atoms with E-state index in [9.17, 15) is 13.2 Å². The number of allylic oxidation sites excluding steroid dienone is 4. The second-order valence-corrected chi connectivity index (χ2v) is 17.8. The van der Waals surface area contributed by atoms with Crippen molar-refractivity contribution in [2.45, 2.75) is 19.5 Å². The van der Waals surface area contributed by atoms with Crippen LogP contribution in [0, 0.1) is 12.8 Å². The number of para-hydroxylation sites is 1. The Labute approximate surface area is 413 Å². The molecule has 1 unspecified atom stereocenters. The molecule has 0 amide bonds. The number of rotatable bonds is 9. The average molecular weight is 942 g/mol. The first-order valence-corrected chi connectivity index (χ1v) is 23.7. The summed E-state index contributed by atoms with van der Waals surface area (Å²) in [6.45, 7) is 2.05. The van der Waals surface area contributed by atoms with Crippen molar-refractivity contribution < 1.29 is 13.2 Å². The number of hydrogen-bond acceptors (Lipinski definition) is 6. The second-order valence-electron chi connectivity index (χ2n) is 17.8. The maximum absolute atomic E-state index is 14.3. The van der Waals surface area contributed by atoms with Crippen molar-refractivity contribution in [3.05, 3.63) is 230 Å². The van der Waals surface area contributed by atoms with Crippen LogP contribution >= 0.6 is 0 Å². The molecule has 7 nitrogen and oxygen atoms in total. The van der Waals surface area contributed by atoms with Gasteiger partial charge in [0.05, 0.1) is 22.6 Å². The minimum absolute atomic E-state index is 0.209. The van der Waals surface area contributed by atoms with Gasteiger partial charge >= 0.3 is 6.18 Å². The topological polar surface area (TPSA) is 82.3 Å². The summed E-state index contributed by atoms with van der Waals surface area (Å²) in [5.41, 5.74) is 11.6. The zero-order valence-electron chi connectivity index (χ0n) is 38.8. The third kappa shape index (κ3) is 8.42. The van der Waals surface area contributed by atoms with Crippen molar-refractivity contribution in [2.24, 2.45) is 5.92 Å². The standard InChI is InChI=1S/C62H42F3N7/c1-39-26-28-40(29-27-39)50-37-47(61-70-58(44-20-10-4-11-21-44)67-59(71-61)45-22-12-5-13-23-45)38-51(41-30-33-48(34-31-41)62(63,64)65)55(50)72-53-25-15-14-24-49(53)52-36-46(32-35-54(52)72)60-68-56(42-16-6-2-7-17-42)66-57(69-60)43-18-8-3-9-19-43/h2-33,35-38,48H,34H2,1H3. The molecule has 0 saturated heterocycles. The number of hydrogen-bond donors (Lipinski definition) is 0. The molecule has 346 valence electrons. The average Bonchev–Trinajstić information content (AvgIpc) is 3.77. The quantitative estimate of drug-likeness (QED) is 0.143. The third-order valence-corrected chi connectivity index (χ3v) is 13.1. The molecule has 3 heterocycles. The fourth-order valence-corrected chi connectivity index (χ4v) is 9.47. The van der Waals surface area contributed by atoms with Gasteiger partial charge < -0.3 is 4.57 Å². The molecule has 0 aliphatic heterocycles. The van der Waals surface area contributed by atoms with Crippen LogP contribution < -0.4 is 0 Å². The Hall–Kier alpha value is -9.15. The van der Waals surface area contributed by atoms with E-state index in [2.05, 4.69) is 59.2 Å². The highest BCUT2D eigenvalue weighted by molar-refractivity contribution is 6.11. The Bertz CT molecular complexity index is 3760. The van der Waals surface area contributed by atoms with Gasteiger partial charge in [0.15, 0.2) is 34.9 Å². The Morgan fingerprint density at radius 2 is 0.847 bits per heavy atom. The molecule has 3 aromatic heterocycles. The van der Waals surface area contributed by atoms with Gasteiger partial charge in [0.1, 0.15) is 0 Å². The molecule has 0 N–H and O–H groups in total. The van der Waals surface area contributed by atoms with Crippen LogP contribution in [0.5, 0.6) is 0 Å². The molecular weight excluding hydrogens is 900 g/mol. The van der Waals surface area contributed by atoms with Crippen molar-refractivity contribution in [3.8, 4) is 85.1 Å². The maximum Gasteiger partial charge on any atom is 0.395 e. The van der Waals surface area contributed by atoms with Crippen LogP contribution in [0.2, 0.25) is 0 Å². The molecule has 0 fully saturated rings. The molecule has 8 aromatic carbocycles. The number of aryl methyl sites for hydroxylation is 1. The van der Waals surface area contributed by atoms with Crippen molar-refractivity contribution in [1.29, 1.82) is 0 Å². The molecule has 11 aromatic rings. The smallest absolute Gasteiger partial charge is 0.308 e. The molecule has 1 aliphatic carbocycles. The van der Waals surface area contributed by atoms with E-state index in [1.165, 1.54) is 6.08 Å². The summed E-state index contributed by atoms with van der Waals surface area (Å²) in [6.07, 6.45) is -0.00137. The van der Waals surface area contributed by atoms with Crippen LogP contribution in [0.15, 0.2) is 218 Å². The van der Waals surface area contributed by atoms with E-state index in [1.54, 1.807) is 12.2 Å². The van der Waals surface area contributed by atoms with Crippen LogP contribution in [-0.2, 0) is 0 Å². The summed E-state index contributed by atoms with van der Waals surface area (Å²) >= 11 is 0. The van der Waals surface area contributed by atoms with Gasteiger partial charge in [-0.05, 0) is 60.9 Å². The number of fused-ring (bicyclic) bond motifs is 3. The van der Waals surface area contributed by atoms with Crippen molar-refractivity contribution >= 4 is 27.4 Å². The van der Waals surface area contributed by atoms with Gasteiger partial charge in [-0.25, -0.2) is 29.9 Å². The van der Waals surface area contributed by atoms with Gasteiger partial charge in [0, 0.05) is 55.3 Å². The number of halogens is 3. The molecule has 1 atom stereocenters. The fourth-order valence-electron chi connectivity index (χ4n) is 9.47. The normalized spacial score (nSPS) is 13.7. The summed E-state index contributed by atoms with van der Waals surface area (Å²) in [7, 11) is 0. The molecule has 12 rings (SSSR count). The van der Waals surface area contributed by atoms with E-state index < -0.39 is 12.1 Å². The molecule has 0 saturated carbocycles. The lowest BCUT2D eigenvalue weighted by Crippen LogP contribution is -2.21. The van der Waals surface area contributed by atoms with Crippen LogP contribution in [0.1, 0.15) is 17.5 Å². The largest absolute Gasteiger partial charge is 0.395 e. The van der Waals surface area contributed by atoms with Gasteiger partial charge in [-0.15, -0.1) is 0 Å². The number of aromatic nitrogens is 7. The zero-order valence-corrected chi connectivity index (χ0v) is 38.8. The highest BCUT2D eigenvalue weighted by Gasteiger charge is 2.38. The van der Waals surface area contributed by atoms with Gasteiger partial charge in [-0.2, -0.15) is 13.2 Å². The molecule has 0 radical (unpaired) electrons. The van der Waals surface area contributed by atoms with Crippen LogP contribution in [0.25, 0.3) is 113 Å². The Balaban J connectivity index is 1.13. The van der Waals surface area contributed by atoms with Crippen molar-refractivity contribution in [1.82, 2.24) is 34.5 Å². The monoisotopic (exact) mass is 941 g/mol. The van der Waals surface area contributed by atoms with Crippen molar-refractivity contribution in [2.75, 3.05) is 0 Å². The number of nitrogens with zero attached hydrogens (tertiary/aromatic N) is 7. The Morgan fingerprint density at radius 3 is 1.33 bits per heavy atom.